The Bertz CT molecular complexity index is 6030. The fourth-order valence-corrected chi connectivity index (χ4v) is 20.4. The molecule has 21 rings (SSSR count). The van der Waals surface area contributed by atoms with Gasteiger partial charge in [0.05, 0.1) is 95.1 Å². The summed E-state index contributed by atoms with van der Waals surface area (Å²) >= 11 is 3.20. The molecule has 3 atom stereocenters. The number of halogens is 3. The number of carbonyl (C=O) groups is 4. The zero-order valence-electron chi connectivity index (χ0n) is 79.0. The molecule has 10 aliphatic heterocycles. The second kappa shape index (κ2) is 46.2. The second-order valence-electron chi connectivity index (χ2n) is 38.3. The maximum Gasteiger partial charge on any atom is 0.262 e. The van der Waals surface area contributed by atoms with Gasteiger partial charge in [0.2, 0.25) is 0 Å². The van der Waals surface area contributed by atoms with Crippen LogP contribution in [0.4, 0.5) is 32.1 Å². The van der Waals surface area contributed by atoms with Crippen molar-refractivity contribution in [2.24, 2.45) is 49.6 Å². The van der Waals surface area contributed by atoms with Gasteiger partial charge < -0.3 is 47.5 Å². The van der Waals surface area contributed by atoms with Crippen LogP contribution in [0.2, 0.25) is 0 Å². The highest BCUT2D eigenvalue weighted by Gasteiger charge is 2.35. The highest BCUT2D eigenvalue weighted by molar-refractivity contribution is 9.10. The van der Waals surface area contributed by atoms with Crippen LogP contribution >= 0.6 is 15.9 Å². The van der Waals surface area contributed by atoms with Crippen LogP contribution in [0, 0.1) is 41.2 Å². The predicted molar refractivity (Wildman–Crippen MR) is 518 cm³/mol. The number of benzene rings is 2. The van der Waals surface area contributed by atoms with E-state index in [9.17, 15) is 37.5 Å². The lowest BCUT2D eigenvalue weighted by atomic mass is 9.94. The summed E-state index contributed by atoms with van der Waals surface area (Å²) in [5, 5.41) is 18.9. The lowest BCUT2D eigenvalue weighted by Crippen LogP contribution is -2.29. The Hall–Kier alpha value is -10.4. The Morgan fingerprint density at radius 2 is 0.859 bits per heavy atom. The Morgan fingerprint density at radius 3 is 1.36 bits per heavy atom. The summed E-state index contributed by atoms with van der Waals surface area (Å²) in [5.41, 5.74) is 9.69. The standard InChI is InChI=1S/C19H19FN2O2.C18H17BrFN3O2.C18H24N2O2.C16H24N4O2.C16H23N3O2.C15H22N4O2/c20-14-3-1-13(2-4-14)11-15-12-18(23)17-5-8-22(19(17)21-15)16-6-9-24-10-7-16;19-15-8-11(1-2-16(15)20)7-12-9-17(24)14-10-21-23(18(14)22-12)13-3-5-25-6-4-13;21-17-12-14(11-13-3-1-2-4-13)19-18-16(17)5-8-20(18)15-6-9-22-10-7-15;1-3-11(4-2)9-14-18-15-13(16(21)19-14)10-17-20(15)12-5-7-22-8-6-12;1-3-11(2)8-12-9-15(20)14-10-17-19(16(14)18-12)13-4-6-21-7-5-13;1-9(2)6-13-17-14-11(15(20)18-13)7-16-19(14)12-4-5-21-8-10(12)3/h1-5,8,16H,6-7,9-12H2;1-2,8,10,13H,3-7,9H2;5,8,13,15H,1-4,6-7,9-12H2;10-12H,3-9H2,1-2H3,(H,18,19,21);10-11,13H,3-9H2,1-2H3;7,9-10,12H,4-6,8H2,1-3H3,(H,17,18,20). The van der Waals surface area contributed by atoms with Crippen LogP contribution in [0.3, 0.4) is 0 Å². The zero-order chi connectivity index (χ0) is 94.2. The van der Waals surface area contributed by atoms with Gasteiger partial charge in [-0.2, -0.15) is 20.4 Å². The number of H-pyrrole nitrogens is 2. The van der Waals surface area contributed by atoms with Gasteiger partial charge in [0.25, 0.3) is 11.1 Å². The molecule has 1 aliphatic carbocycles. The lowest BCUT2D eigenvalue weighted by Gasteiger charge is -2.29. The SMILES string of the molecule is CC(C)Cc1nc2c(cnn2C2CCOCC2C)c(=O)[nH]1.CCC(C)CC1=Nc2c(cnn2C2CCOCC2)C(=O)C1.CCC(CC)Cc1nc2c(cnn2C2CCOCC2)c(=O)[nH]1.O=C1CC(CC2CCCC2)=Nc2c1ccn2C1CCOCC1.O=C1CC(Cc2ccc(F)c(Br)c2)=Nc2c1cnn2C1CCOCC1.O=C1CC(Cc2ccc(F)cc2)=Nc2c1ccn2C1CCOCC1. The van der Waals surface area contributed by atoms with Gasteiger partial charge in [-0.3, -0.25) is 28.8 Å². The minimum absolute atomic E-state index is 0.0412. The van der Waals surface area contributed by atoms with Crippen LogP contribution in [0.25, 0.3) is 22.1 Å². The third-order valence-corrected chi connectivity index (χ3v) is 28.6. The summed E-state index contributed by atoms with van der Waals surface area (Å²) in [6.07, 6.45) is 35.7. The van der Waals surface area contributed by atoms with E-state index in [-0.39, 0.29) is 70.4 Å². The molecule has 2 N–H and O–H groups in total. The van der Waals surface area contributed by atoms with E-state index in [1.807, 2.05) is 37.1 Å². The first-order valence-corrected chi connectivity index (χ1v) is 49.9. The number of nitrogens with one attached hydrogen (secondary N) is 2. The third-order valence-electron chi connectivity index (χ3n) is 28.0. The van der Waals surface area contributed by atoms with Crippen molar-refractivity contribution in [1.82, 2.24) is 68.2 Å². The minimum Gasteiger partial charge on any atom is -0.381 e. The van der Waals surface area contributed by atoms with Crippen molar-refractivity contribution in [3.05, 3.63) is 174 Å². The van der Waals surface area contributed by atoms with E-state index < -0.39 is 0 Å². The highest BCUT2D eigenvalue weighted by Crippen LogP contribution is 2.41. The summed E-state index contributed by atoms with van der Waals surface area (Å²) < 4.78 is 71.5. The van der Waals surface area contributed by atoms with Crippen LogP contribution in [-0.2, 0) is 54.1 Å². The number of nitrogens with zero attached hydrogens (tertiary/aromatic N) is 16. The van der Waals surface area contributed by atoms with Crippen molar-refractivity contribution in [1.29, 1.82) is 0 Å². The smallest absolute Gasteiger partial charge is 0.262 e. The van der Waals surface area contributed by atoms with Crippen LogP contribution in [0.15, 0.2) is 126 Å². The number of carbonyl (C=O) groups excluding carboxylic acids is 4. The lowest BCUT2D eigenvalue weighted by molar-refractivity contribution is 0.0262. The molecule has 0 radical (unpaired) electrons. The molecular weight excluding hydrogens is 1790 g/mol. The van der Waals surface area contributed by atoms with E-state index in [2.05, 4.69) is 115 Å². The van der Waals surface area contributed by atoms with Crippen molar-refractivity contribution in [3.8, 4) is 0 Å². The quantitative estimate of drug-likeness (QED) is 0.0675. The van der Waals surface area contributed by atoms with Gasteiger partial charge >= 0.3 is 0 Å². The number of aromatic nitrogens is 14. The number of rotatable bonds is 21. The van der Waals surface area contributed by atoms with Crippen molar-refractivity contribution >= 4 is 107 Å². The van der Waals surface area contributed by atoms with Crippen LogP contribution in [0.5, 0.6) is 0 Å². The van der Waals surface area contributed by atoms with Crippen LogP contribution < -0.4 is 11.1 Å². The second-order valence-corrected chi connectivity index (χ2v) is 39.1. The molecular formula is C102H129BrF2N18O12. The van der Waals surface area contributed by atoms with Gasteiger partial charge in [-0.15, -0.1) is 0 Å². The average molecular weight is 1920 g/mol. The Kier molecular flexibility index (Phi) is 33.4. The van der Waals surface area contributed by atoms with E-state index >= 15 is 0 Å². The molecule has 11 aliphatic rings. The number of hydrogen-bond donors (Lipinski definition) is 2. The topological polar surface area (TPSA) is 346 Å². The number of aliphatic imine (C=N–C) groups is 4. The van der Waals surface area contributed by atoms with Gasteiger partial charge in [0.1, 0.15) is 45.7 Å². The molecule has 18 heterocycles. The predicted octanol–water partition coefficient (Wildman–Crippen LogP) is 19.7. The average Bonchev–Trinajstić information content (AvgIpc) is 1.69. The summed E-state index contributed by atoms with van der Waals surface area (Å²) in [6.45, 7) is 24.1. The monoisotopic (exact) mass is 1910 g/mol. The number of hydrogen-bond acceptors (Lipinski definition) is 22. The van der Waals surface area contributed by atoms with Crippen molar-refractivity contribution in [3.63, 3.8) is 0 Å². The van der Waals surface area contributed by atoms with E-state index in [4.69, 9.17) is 53.4 Å². The van der Waals surface area contributed by atoms with Gasteiger partial charge in [0.15, 0.2) is 46.1 Å². The molecule has 0 spiro atoms. The third kappa shape index (κ3) is 24.2. The molecule has 3 unspecified atom stereocenters. The first kappa shape index (κ1) is 97.7. The maximum atomic E-state index is 13.4. The number of ketones is 4. The Balaban J connectivity index is 0.000000118. The molecule has 720 valence electrons. The largest absolute Gasteiger partial charge is 0.381 e. The van der Waals surface area contributed by atoms with Gasteiger partial charge in [-0.05, 0) is 171 Å². The fourth-order valence-electron chi connectivity index (χ4n) is 20.0. The molecule has 0 amide bonds. The maximum absolute atomic E-state index is 13.4. The van der Waals surface area contributed by atoms with Gasteiger partial charge in [0, 0.05) is 164 Å². The number of fused-ring (bicyclic) bond motifs is 6. The van der Waals surface area contributed by atoms with Crippen LogP contribution in [-0.4, -0.2) is 193 Å². The normalized spacial score (nSPS) is 20.1. The Labute approximate surface area is 794 Å². The molecule has 30 nitrogen and oxygen atoms in total. The van der Waals surface area contributed by atoms with Crippen molar-refractivity contribution in [2.75, 3.05) is 79.3 Å². The molecule has 1 saturated carbocycles. The highest BCUT2D eigenvalue weighted by atomic mass is 79.9. The molecule has 2 aromatic carbocycles. The van der Waals surface area contributed by atoms with E-state index in [1.54, 1.807) is 49.1 Å². The number of ether oxygens (including phenoxy) is 6. The number of Topliss-reactive ketones (excluding diaryl/α,β-unsaturated/α-hetero) is 4. The summed E-state index contributed by atoms with van der Waals surface area (Å²) in [5.74, 6) is 7.34. The van der Waals surface area contributed by atoms with Crippen molar-refractivity contribution in [2.45, 2.75) is 265 Å². The molecule has 33 heteroatoms. The van der Waals surface area contributed by atoms with Crippen LogP contribution in [0.1, 0.15) is 303 Å². The van der Waals surface area contributed by atoms with E-state index in [1.165, 1.54) is 43.9 Å². The fraction of sp³-hybridized carbons (Fsp3) is 0.569. The Morgan fingerprint density at radius 1 is 0.437 bits per heavy atom. The minimum atomic E-state index is -0.301. The summed E-state index contributed by atoms with van der Waals surface area (Å²) in [7, 11) is 0. The van der Waals surface area contributed by atoms with Crippen molar-refractivity contribution < 1.29 is 56.4 Å². The number of aromatic amines is 2. The molecule has 135 heavy (non-hydrogen) atoms. The molecule has 7 fully saturated rings. The molecule has 0 bridgehead atoms. The van der Waals surface area contributed by atoms with E-state index in [0.717, 1.165) is 262 Å². The van der Waals surface area contributed by atoms with E-state index in [0.29, 0.717) is 131 Å². The molecule has 6 saturated heterocycles. The zero-order valence-corrected chi connectivity index (χ0v) is 80.6. The first-order valence-electron chi connectivity index (χ1n) is 49.1. The van der Waals surface area contributed by atoms with Gasteiger partial charge in [-0.25, -0.2) is 57.4 Å². The first-order chi connectivity index (χ1) is 65.6. The summed E-state index contributed by atoms with van der Waals surface area (Å²) in [6, 6.07) is 16.9. The molecule has 10 aromatic rings. The summed E-state index contributed by atoms with van der Waals surface area (Å²) in [4.78, 5) is 108. The molecule has 8 aromatic heterocycles. The van der Waals surface area contributed by atoms with Gasteiger partial charge in [-0.1, -0.05) is 112 Å².